The first-order chi connectivity index (χ1) is 7.34. The van der Waals surface area contributed by atoms with E-state index in [0.717, 1.165) is 5.56 Å². The van der Waals surface area contributed by atoms with Gasteiger partial charge in [0.15, 0.2) is 0 Å². The maximum Gasteiger partial charge on any atom is 1.00 e. The second kappa shape index (κ2) is 7.41. The van der Waals surface area contributed by atoms with Crippen LogP contribution in [0.3, 0.4) is 0 Å². The monoisotopic (exact) mass is 302 g/mol. The molecule has 3 N–H and O–H groups in total. The van der Waals surface area contributed by atoms with E-state index in [1.54, 1.807) is 0 Å². The van der Waals surface area contributed by atoms with E-state index in [2.05, 4.69) is 0 Å². The van der Waals surface area contributed by atoms with Crippen LogP contribution in [0.15, 0.2) is 12.1 Å². The van der Waals surface area contributed by atoms with Crippen molar-refractivity contribution < 1.29 is 37.6 Å². The Kier molecular flexibility index (Phi) is 7.95. The summed E-state index contributed by atoms with van der Waals surface area (Å²) < 4.78 is 0. The number of hydrogen-bond donors (Lipinski definition) is 1. The van der Waals surface area contributed by atoms with Crippen LogP contribution in [0.4, 0.5) is 0 Å². The molecule has 0 aromatic heterocycles. The van der Waals surface area contributed by atoms with Crippen LogP contribution in [-0.2, 0) is 17.1 Å². The summed E-state index contributed by atoms with van der Waals surface area (Å²) in [7, 11) is 0. The van der Waals surface area contributed by atoms with Crippen LogP contribution in [0.25, 0.3) is 0 Å². The average Bonchev–Trinajstić information content (AvgIpc) is 2.16. The number of aromatic carboxylic acids is 1. The average molecular weight is 303 g/mol. The first kappa shape index (κ1) is 19.3. The molecule has 5 heteroatoms. The molecule has 1 aromatic rings. The fourth-order valence-corrected chi connectivity index (χ4v) is 1.61. The molecule has 1 aromatic carbocycles. The van der Waals surface area contributed by atoms with E-state index in [9.17, 15) is 15.0 Å². The number of benzene rings is 1. The van der Waals surface area contributed by atoms with Gasteiger partial charge in [-0.3, -0.25) is 0 Å². The summed E-state index contributed by atoms with van der Waals surface area (Å²) in [6.07, 6.45) is 0. The van der Waals surface area contributed by atoms with Crippen molar-refractivity contribution in [2.45, 2.75) is 39.5 Å². The third-order valence-electron chi connectivity index (χ3n) is 2.67. The Bertz CT molecular complexity index is 414. The van der Waals surface area contributed by atoms with E-state index in [1.807, 2.05) is 33.8 Å². The van der Waals surface area contributed by atoms with Gasteiger partial charge in [-0.2, -0.15) is 0 Å². The zero-order valence-electron chi connectivity index (χ0n) is 10.9. The van der Waals surface area contributed by atoms with Crippen molar-refractivity contribution in [2.24, 2.45) is 0 Å². The molecular formula is C13H19CuO4. The van der Waals surface area contributed by atoms with Crippen LogP contribution in [-0.4, -0.2) is 16.6 Å². The Hall–Kier alpha value is -1.03. The molecule has 0 saturated carbocycles. The topological polar surface area (TPSA) is 91.9 Å². The number of carboxylic acids is 1. The van der Waals surface area contributed by atoms with Gasteiger partial charge in [-0.1, -0.05) is 33.8 Å². The predicted molar refractivity (Wildman–Crippen MR) is 64.2 cm³/mol. The number of aromatic hydroxyl groups is 1. The van der Waals surface area contributed by atoms with Crippen LogP contribution in [0.5, 0.6) is 5.75 Å². The Morgan fingerprint density at radius 1 is 1.17 bits per heavy atom. The van der Waals surface area contributed by atoms with Gasteiger partial charge in [0.1, 0.15) is 5.75 Å². The molecule has 0 aliphatic carbocycles. The number of carbonyl (C=O) groups is 1. The molecular weight excluding hydrogens is 284 g/mol. The normalized spacial score (nSPS) is 9.89. The van der Waals surface area contributed by atoms with Gasteiger partial charge in [0, 0.05) is 5.56 Å². The number of carbonyl (C=O) groups excluding carboxylic acids is 1. The Labute approximate surface area is 118 Å². The first-order valence-corrected chi connectivity index (χ1v) is 5.42. The molecule has 0 heterocycles. The maximum absolute atomic E-state index is 10.9. The van der Waals surface area contributed by atoms with Crippen molar-refractivity contribution in [3.05, 3.63) is 28.8 Å². The van der Waals surface area contributed by atoms with E-state index >= 15 is 0 Å². The summed E-state index contributed by atoms with van der Waals surface area (Å²) in [5, 5.41) is 20.7. The van der Waals surface area contributed by atoms with E-state index in [0.29, 0.717) is 5.56 Å². The van der Waals surface area contributed by atoms with Gasteiger partial charge in [-0.05, 0) is 29.0 Å². The quantitative estimate of drug-likeness (QED) is 0.850. The Morgan fingerprint density at radius 3 is 2.00 bits per heavy atom. The minimum Gasteiger partial charge on any atom is -0.545 e. The van der Waals surface area contributed by atoms with Crippen molar-refractivity contribution in [3.8, 4) is 5.75 Å². The van der Waals surface area contributed by atoms with E-state index in [1.165, 1.54) is 6.07 Å². The second-order valence-corrected chi connectivity index (χ2v) is 4.60. The molecule has 18 heavy (non-hydrogen) atoms. The summed E-state index contributed by atoms with van der Waals surface area (Å²) in [6.45, 7) is 7.79. The zero-order chi connectivity index (χ0) is 12.5. The molecule has 0 fully saturated rings. The van der Waals surface area contributed by atoms with Gasteiger partial charge in [0.25, 0.3) is 0 Å². The van der Waals surface area contributed by atoms with Crippen molar-refractivity contribution >= 4 is 5.97 Å². The van der Waals surface area contributed by atoms with Gasteiger partial charge in [0.2, 0.25) is 0 Å². The third kappa shape index (κ3) is 4.02. The summed E-state index contributed by atoms with van der Waals surface area (Å²) >= 11 is 0. The van der Waals surface area contributed by atoms with Gasteiger partial charge in [-0.15, -0.1) is 0 Å². The molecule has 0 radical (unpaired) electrons. The molecule has 4 nitrogen and oxygen atoms in total. The molecule has 106 valence electrons. The Balaban J connectivity index is 0. The Morgan fingerprint density at radius 2 is 1.67 bits per heavy atom. The smallest absolute Gasteiger partial charge is 0.545 e. The summed E-state index contributed by atoms with van der Waals surface area (Å²) in [4.78, 5) is 10.9. The SMILES string of the molecule is CC(C)c1cc(C(=O)[O-])c(O)c(C(C)C)c1.O.[Cu+]. The molecule has 0 saturated heterocycles. The van der Waals surface area contributed by atoms with Crippen LogP contribution in [0.2, 0.25) is 0 Å². The number of carboxylic acid groups (broad SMARTS) is 1. The van der Waals surface area contributed by atoms with Crippen molar-refractivity contribution in [1.82, 2.24) is 0 Å². The van der Waals surface area contributed by atoms with E-state index < -0.39 is 5.97 Å². The van der Waals surface area contributed by atoms with Crippen molar-refractivity contribution in [2.75, 3.05) is 0 Å². The molecule has 0 aliphatic rings. The third-order valence-corrected chi connectivity index (χ3v) is 2.67. The van der Waals surface area contributed by atoms with Crippen molar-refractivity contribution in [1.29, 1.82) is 0 Å². The van der Waals surface area contributed by atoms with Gasteiger partial charge in [-0.25, -0.2) is 0 Å². The number of hydrogen-bond acceptors (Lipinski definition) is 3. The zero-order valence-corrected chi connectivity index (χ0v) is 11.8. The van der Waals surface area contributed by atoms with Crippen LogP contribution in [0.1, 0.15) is 61.0 Å². The summed E-state index contributed by atoms with van der Waals surface area (Å²) in [5.41, 5.74) is 1.45. The molecule has 0 amide bonds. The van der Waals surface area contributed by atoms with Gasteiger partial charge < -0.3 is 20.5 Å². The summed E-state index contributed by atoms with van der Waals surface area (Å²) in [6, 6.07) is 3.35. The molecule has 0 spiro atoms. The minimum atomic E-state index is -1.33. The second-order valence-electron chi connectivity index (χ2n) is 4.60. The van der Waals surface area contributed by atoms with Crippen molar-refractivity contribution in [3.63, 3.8) is 0 Å². The molecule has 0 aliphatic heterocycles. The number of phenols is 1. The fraction of sp³-hybridized carbons (Fsp3) is 0.462. The molecule has 0 unspecified atom stereocenters. The van der Waals surface area contributed by atoms with Gasteiger partial charge >= 0.3 is 17.1 Å². The summed E-state index contributed by atoms with van der Waals surface area (Å²) in [5.74, 6) is -1.20. The molecule has 1 rings (SSSR count). The van der Waals surface area contributed by atoms with Crippen LogP contribution >= 0.6 is 0 Å². The van der Waals surface area contributed by atoms with E-state index in [-0.39, 0.29) is 45.7 Å². The molecule has 0 bridgehead atoms. The minimum absolute atomic E-state index is 0. The molecule has 0 atom stereocenters. The van der Waals surface area contributed by atoms with Crippen LogP contribution in [0, 0.1) is 0 Å². The predicted octanol–water partition coefficient (Wildman–Crippen LogP) is 1.18. The number of rotatable bonds is 3. The van der Waals surface area contributed by atoms with Crippen LogP contribution < -0.4 is 5.11 Å². The first-order valence-electron chi connectivity index (χ1n) is 5.42. The largest absolute Gasteiger partial charge is 1.00 e. The van der Waals surface area contributed by atoms with Gasteiger partial charge in [0.05, 0.1) is 5.97 Å². The standard InChI is InChI=1S/C13H18O3.Cu.H2O/c1-7(2)9-5-10(8(3)4)12(14)11(6-9)13(15)16;;/h5-8,14H,1-4H3,(H,15,16);;1H2/q;+1;/p-1. The fourth-order valence-electron chi connectivity index (χ4n) is 1.61. The maximum atomic E-state index is 10.9. The van der Waals surface area contributed by atoms with E-state index in [4.69, 9.17) is 0 Å².